The molecule has 0 spiro atoms. The Bertz CT molecular complexity index is 550. The van der Waals surface area contributed by atoms with Gasteiger partial charge in [0, 0.05) is 39.2 Å². The van der Waals surface area contributed by atoms with Gasteiger partial charge in [-0.2, -0.15) is 0 Å². The molecule has 3 aliphatic rings. The summed E-state index contributed by atoms with van der Waals surface area (Å²) in [7, 11) is 0. The smallest absolute Gasteiger partial charge is 0.105 e. The van der Waals surface area contributed by atoms with Crippen molar-refractivity contribution in [1.82, 2.24) is 24.8 Å². The highest BCUT2D eigenvalue weighted by Gasteiger charge is 2.33. The summed E-state index contributed by atoms with van der Waals surface area (Å²) in [5.41, 5.74) is 2.50. The standard InChI is InChI=1S/C19H33N5O/c1-2-24-17-8-11-23(13-12-22-9-4-3-5-10-22)18(19(17)20-21-24)15-25-14-16-6-7-16/h16,18H,2-15H2,1H3. The maximum absolute atomic E-state index is 6.09. The molecule has 0 radical (unpaired) electrons. The van der Waals surface area contributed by atoms with E-state index in [4.69, 9.17) is 4.74 Å². The van der Waals surface area contributed by atoms with Crippen LogP contribution in [0.15, 0.2) is 0 Å². The monoisotopic (exact) mass is 347 g/mol. The Labute approximate surface area is 151 Å². The van der Waals surface area contributed by atoms with E-state index in [0.717, 1.165) is 45.2 Å². The van der Waals surface area contributed by atoms with Crippen LogP contribution < -0.4 is 0 Å². The van der Waals surface area contributed by atoms with Gasteiger partial charge in [-0.3, -0.25) is 4.90 Å². The van der Waals surface area contributed by atoms with Crippen LogP contribution in [-0.2, 0) is 17.7 Å². The number of aryl methyl sites for hydroxylation is 1. The average Bonchev–Trinajstić information content (AvgIpc) is 3.38. The van der Waals surface area contributed by atoms with E-state index in [1.165, 1.54) is 63.1 Å². The number of rotatable bonds is 8. The molecule has 1 unspecified atom stereocenters. The van der Waals surface area contributed by atoms with Crippen molar-refractivity contribution in [3.05, 3.63) is 11.4 Å². The summed E-state index contributed by atoms with van der Waals surface area (Å²) >= 11 is 0. The van der Waals surface area contributed by atoms with Gasteiger partial charge in [0.15, 0.2) is 0 Å². The number of fused-ring (bicyclic) bond motifs is 1. The topological polar surface area (TPSA) is 46.4 Å². The van der Waals surface area contributed by atoms with Crippen molar-refractivity contribution in [2.24, 2.45) is 5.92 Å². The largest absolute Gasteiger partial charge is 0.379 e. The van der Waals surface area contributed by atoms with E-state index in [0.29, 0.717) is 0 Å². The Balaban J connectivity index is 1.40. The molecule has 0 N–H and O–H groups in total. The molecule has 25 heavy (non-hydrogen) atoms. The maximum Gasteiger partial charge on any atom is 0.105 e. The first kappa shape index (κ1) is 17.4. The molecule has 140 valence electrons. The number of likely N-dealkylation sites (tertiary alicyclic amines) is 1. The molecule has 4 rings (SSSR count). The summed E-state index contributed by atoms with van der Waals surface area (Å²) in [6.45, 7) is 10.7. The minimum Gasteiger partial charge on any atom is -0.379 e. The van der Waals surface area contributed by atoms with Crippen molar-refractivity contribution in [1.29, 1.82) is 0 Å². The van der Waals surface area contributed by atoms with Crippen molar-refractivity contribution in [2.75, 3.05) is 45.9 Å². The van der Waals surface area contributed by atoms with E-state index in [9.17, 15) is 0 Å². The molecular formula is C19H33N5O. The summed E-state index contributed by atoms with van der Waals surface area (Å²) in [6.07, 6.45) is 7.89. The van der Waals surface area contributed by atoms with Gasteiger partial charge in [-0.25, -0.2) is 4.68 Å². The molecular weight excluding hydrogens is 314 g/mol. The third-order valence-corrected chi connectivity index (χ3v) is 6.04. The Morgan fingerprint density at radius 1 is 1.04 bits per heavy atom. The van der Waals surface area contributed by atoms with E-state index >= 15 is 0 Å². The fourth-order valence-corrected chi connectivity index (χ4v) is 4.23. The van der Waals surface area contributed by atoms with Crippen molar-refractivity contribution < 1.29 is 4.74 Å². The summed E-state index contributed by atoms with van der Waals surface area (Å²) in [5, 5.41) is 8.93. The van der Waals surface area contributed by atoms with Gasteiger partial charge >= 0.3 is 0 Å². The van der Waals surface area contributed by atoms with Crippen LogP contribution in [-0.4, -0.2) is 70.7 Å². The molecule has 0 aromatic carbocycles. The fraction of sp³-hybridized carbons (Fsp3) is 0.895. The van der Waals surface area contributed by atoms with Crippen LogP contribution in [0.2, 0.25) is 0 Å². The second kappa shape index (κ2) is 8.14. The SMILES string of the molecule is CCn1nnc2c1CCN(CCN1CCCCC1)C2COCC1CC1. The highest BCUT2D eigenvalue weighted by molar-refractivity contribution is 5.19. The zero-order chi connectivity index (χ0) is 17.1. The van der Waals surface area contributed by atoms with Crippen molar-refractivity contribution in [3.63, 3.8) is 0 Å². The molecule has 6 heteroatoms. The van der Waals surface area contributed by atoms with Crippen LogP contribution in [0.1, 0.15) is 56.5 Å². The van der Waals surface area contributed by atoms with Crippen LogP contribution in [0.3, 0.4) is 0 Å². The number of hydrogen-bond donors (Lipinski definition) is 0. The summed E-state index contributed by atoms with van der Waals surface area (Å²) in [6, 6.07) is 0.285. The first-order valence-electron chi connectivity index (χ1n) is 10.3. The summed E-state index contributed by atoms with van der Waals surface area (Å²) in [4.78, 5) is 5.22. The second-order valence-corrected chi connectivity index (χ2v) is 7.92. The van der Waals surface area contributed by atoms with Gasteiger partial charge in [-0.05, 0) is 51.6 Å². The second-order valence-electron chi connectivity index (χ2n) is 7.92. The molecule has 1 aromatic heterocycles. The number of aromatic nitrogens is 3. The third-order valence-electron chi connectivity index (χ3n) is 6.04. The number of hydrogen-bond acceptors (Lipinski definition) is 5. The highest BCUT2D eigenvalue weighted by atomic mass is 16.5. The first-order valence-corrected chi connectivity index (χ1v) is 10.3. The molecule has 6 nitrogen and oxygen atoms in total. The Morgan fingerprint density at radius 3 is 2.64 bits per heavy atom. The van der Waals surface area contributed by atoms with Crippen LogP contribution >= 0.6 is 0 Å². The van der Waals surface area contributed by atoms with Gasteiger partial charge in [0.2, 0.25) is 0 Å². The normalized spacial score (nSPS) is 25.2. The molecule has 1 atom stereocenters. The highest BCUT2D eigenvalue weighted by Crippen LogP contribution is 2.31. The van der Waals surface area contributed by atoms with Crippen LogP contribution in [0.5, 0.6) is 0 Å². The lowest BCUT2D eigenvalue weighted by atomic mass is 10.0. The van der Waals surface area contributed by atoms with Crippen LogP contribution in [0.4, 0.5) is 0 Å². The maximum atomic E-state index is 6.09. The van der Waals surface area contributed by atoms with Gasteiger partial charge < -0.3 is 9.64 Å². The van der Waals surface area contributed by atoms with Crippen molar-refractivity contribution >= 4 is 0 Å². The minimum atomic E-state index is 0.285. The molecule has 0 bridgehead atoms. The van der Waals surface area contributed by atoms with E-state index in [1.54, 1.807) is 0 Å². The van der Waals surface area contributed by atoms with E-state index in [2.05, 4.69) is 31.7 Å². The quantitative estimate of drug-likeness (QED) is 0.721. The zero-order valence-corrected chi connectivity index (χ0v) is 15.7. The number of piperidine rings is 1. The first-order chi connectivity index (χ1) is 12.3. The van der Waals surface area contributed by atoms with E-state index in [1.807, 2.05) is 0 Å². The number of nitrogens with zero attached hydrogens (tertiary/aromatic N) is 5. The lowest BCUT2D eigenvalue weighted by Crippen LogP contribution is -2.44. The number of ether oxygens (including phenoxy) is 1. The minimum absolute atomic E-state index is 0.285. The third kappa shape index (κ3) is 4.23. The Kier molecular flexibility index (Phi) is 5.68. The predicted octanol–water partition coefficient (Wildman–Crippen LogP) is 2.11. The summed E-state index contributed by atoms with van der Waals surface area (Å²) in [5.74, 6) is 0.816. The fourth-order valence-electron chi connectivity index (χ4n) is 4.23. The molecule has 1 saturated carbocycles. The zero-order valence-electron chi connectivity index (χ0n) is 15.7. The van der Waals surface area contributed by atoms with Gasteiger partial charge in [-0.1, -0.05) is 11.6 Å². The predicted molar refractivity (Wildman–Crippen MR) is 97.5 cm³/mol. The van der Waals surface area contributed by atoms with Crippen molar-refractivity contribution in [2.45, 2.75) is 58.0 Å². The Hall–Kier alpha value is -0.980. The lowest BCUT2D eigenvalue weighted by molar-refractivity contribution is 0.0403. The molecule has 0 amide bonds. The van der Waals surface area contributed by atoms with Gasteiger partial charge in [0.05, 0.1) is 18.3 Å². The van der Waals surface area contributed by atoms with Gasteiger partial charge in [-0.15, -0.1) is 5.10 Å². The average molecular weight is 348 g/mol. The Morgan fingerprint density at radius 2 is 1.88 bits per heavy atom. The van der Waals surface area contributed by atoms with Gasteiger partial charge in [0.1, 0.15) is 5.69 Å². The molecule has 1 aliphatic carbocycles. The molecule has 1 aromatic rings. The van der Waals surface area contributed by atoms with Crippen LogP contribution in [0, 0.1) is 5.92 Å². The lowest BCUT2D eigenvalue weighted by Gasteiger charge is -2.36. The van der Waals surface area contributed by atoms with E-state index in [-0.39, 0.29) is 6.04 Å². The summed E-state index contributed by atoms with van der Waals surface area (Å²) < 4.78 is 8.16. The van der Waals surface area contributed by atoms with Gasteiger partial charge in [0.25, 0.3) is 0 Å². The van der Waals surface area contributed by atoms with Crippen molar-refractivity contribution in [3.8, 4) is 0 Å². The molecule has 1 saturated heterocycles. The molecule has 3 heterocycles. The molecule has 2 fully saturated rings. The van der Waals surface area contributed by atoms with Crippen LogP contribution in [0.25, 0.3) is 0 Å². The molecule has 2 aliphatic heterocycles. The van der Waals surface area contributed by atoms with E-state index < -0.39 is 0 Å².